The van der Waals surface area contributed by atoms with Crippen LogP contribution in [0.1, 0.15) is 6.42 Å². The van der Waals surface area contributed by atoms with Crippen LogP contribution < -0.4 is 4.90 Å². The molecule has 1 aliphatic heterocycles. The van der Waals surface area contributed by atoms with Gasteiger partial charge >= 0.3 is 0 Å². The van der Waals surface area contributed by atoms with Crippen LogP contribution in [0.25, 0.3) is 0 Å². The summed E-state index contributed by atoms with van der Waals surface area (Å²) >= 11 is 5.67. The molecular formula is C9H9ClN2O2. The smallest absolute Gasteiger partial charge is 0.230 e. The average Bonchev–Trinajstić information content (AvgIpc) is 2.47. The summed E-state index contributed by atoms with van der Waals surface area (Å²) in [6.07, 6.45) is 1.07. The van der Waals surface area contributed by atoms with E-state index in [0.717, 1.165) is 0 Å². The van der Waals surface area contributed by atoms with E-state index < -0.39 is 6.10 Å². The highest BCUT2D eigenvalue weighted by molar-refractivity contribution is 6.30. The fourth-order valence-corrected chi connectivity index (χ4v) is 1.55. The highest BCUT2D eigenvalue weighted by atomic mass is 35.5. The molecule has 14 heavy (non-hydrogen) atoms. The number of carbonyl (C=O) groups excluding carboxylic acids is 1. The maximum absolute atomic E-state index is 11.4. The Labute approximate surface area is 86.1 Å². The zero-order valence-corrected chi connectivity index (χ0v) is 8.11. The van der Waals surface area contributed by atoms with E-state index in [-0.39, 0.29) is 12.3 Å². The minimum atomic E-state index is -0.583. The molecular weight excluding hydrogens is 204 g/mol. The highest BCUT2D eigenvalue weighted by Gasteiger charge is 2.29. The lowest BCUT2D eigenvalue weighted by Crippen LogP contribution is -2.25. The molecule has 4 nitrogen and oxygen atoms in total. The number of rotatable bonds is 1. The summed E-state index contributed by atoms with van der Waals surface area (Å²) in [6, 6.07) is 3.33. The molecule has 1 aromatic rings. The van der Waals surface area contributed by atoms with Crippen molar-refractivity contribution in [3.63, 3.8) is 0 Å². The Morgan fingerprint density at radius 3 is 2.86 bits per heavy atom. The molecule has 1 aromatic heterocycles. The van der Waals surface area contributed by atoms with Crippen LogP contribution in [-0.4, -0.2) is 28.6 Å². The number of pyridine rings is 1. The molecule has 0 saturated carbocycles. The van der Waals surface area contributed by atoms with E-state index in [2.05, 4.69) is 4.98 Å². The molecule has 1 aliphatic rings. The van der Waals surface area contributed by atoms with Crippen molar-refractivity contribution in [1.29, 1.82) is 0 Å². The van der Waals surface area contributed by atoms with Gasteiger partial charge in [0, 0.05) is 6.20 Å². The summed E-state index contributed by atoms with van der Waals surface area (Å²) in [4.78, 5) is 16.8. The van der Waals surface area contributed by atoms with Gasteiger partial charge in [-0.1, -0.05) is 11.6 Å². The number of aliphatic hydroxyl groups excluding tert-OH is 1. The quantitative estimate of drug-likeness (QED) is 0.751. The van der Waals surface area contributed by atoms with Gasteiger partial charge in [0.25, 0.3) is 0 Å². The van der Waals surface area contributed by atoms with Crippen LogP contribution in [0.2, 0.25) is 5.02 Å². The van der Waals surface area contributed by atoms with Crippen molar-refractivity contribution in [1.82, 2.24) is 4.98 Å². The lowest BCUT2D eigenvalue weighted by Gasteiger charge is -2.13. The molecule has 2 heterocycles. The van der Waals surface area contributed by atoms with Gasteiger partial charge in [-0.3, -0.25) is 9.69 Å². The summed E-state index contributed by atoms with van der Waals surface area (Å²) in [7, 11) is 0. The van der Waals surface area contributed by atoms with Crippen molar-refractivity contribution in [3.05, 3.63) is 23.4 Å². The SMILES string of the molecule is O=C1CC(O)CN1c1ccc(Cl)cn1. The maximum atomic E-state index is 11.4. The number of carbonyl (C=O) groups is 1. The second-order valence-corrected chi connectivity index (χ2v) is 3.63. The number of aromatic nitrogens is 1. The van der Waals surface area contributed by atoms with Crippen molar-refractivity contribution in [2.24, 2.45) is 0 Å². The van der Waals surface area contributed by atoms with Gasteiger partial charge in [-0.2, -0.15) is 0 Å². The summed E-state index contributed by atoms with van der Waals surface area (Å²) in [5.74, 6) is 0.434. The second kappa shape index (κ2) is 3.55. The van der Waals surface area contributed by atoms with E-state index in [1.165, 1.54) is 11.1 Å². The Morgan fingerprint density at radius 2 is 2.36 bits per heavy atom. The van der Waals surface area contributed by atoms with Gasteiger partial charge in [0.1, 0.15) is 5.82 Å². The van der Waals surface area contributed by atoms with Gasteiger partial charge in [0.05, 0.1) is 24.1 Å². The Hall–Kier alpha value is -1.13. The van der Waals surface area contributed by atoms with Gasteiger partial charge in [0.15, 0.2) is 0 Å². The van der Waals surface area contributed by atoms with E-state index in [4.69, 9.17) is 11.6 Å². The van der Waals surface area contributed by atoms with Crippen LogP contribution >= 0.6 is 11.6 Å². The van der Waals surface area contributed by atoms with E-state index in [9.17, 15) is 9.90 Å². The van der Waals surface area contributed by atoms with Crippen molar-refractivity contribution in [2.45, 2.75) is 12.5 Å². The number of nitrogens with zero attached hydrogens (tertiary/aromatic N) is 2. The minimum absolute atomic E-state index is 0.104. The van der Waals surface area contributed by atoms with Gasteiger partial charge in [-0.15, -0.1) is 0 Å². The molecule has 0 aromatic carbocycles. The van der Waals surface area contributed by atoms with Gasteiger partial charge < -0.3 is 5.11 Å². The van der Waals surface area contributed by atoms with Crippen LogP contribution in [0.4, 0.5) is 5.82 Å². The molecule has 0 radical (unpaired) electrons. The fraction of sp³-hybridized carbons (Fsp3) is 0.333. The third-order valence-electron chi connectivity index (χ3n) is 2.09. The fourth-order valence-electron chi connectivity index (χ4n) is 1.44. The number of hydrogen-bond acceptors (Lipinski definition) is 3. The predicted octanol–water partition coefficient (Wildman–Crippen LogP) is 0.833. The molecule has 1 unspecified atom stereocenters. The molecule has 1 N–H and O–H groups in total. The third kappa shape index (κ3) is 1.71. The molecule has 74 valence electrons. The normalized spacial score (nSPS) is 21.7. The third-order valence-corrected chi connectivity index (χ3v) is 2.32. The first-order valence-corrected chi connectivity index (χ1v) is 4.64. The van der Waals surface area contributed by atoms with Crippen LogP contribution in [0.15, 0.2) is 18.3 Å². The number of hydrogen-bond donors (Lipinski definition) is 1. The Bertz CT molecular complexity index is 352. The molecule has 2 rings (SSSR count). The topological polar surface area (TPSA) is 53.4 Å². The van der Waals surface area contributed by atoms with Gasteiger partial charge in [-0.25, -0.2) is 4.98 Å². The average molecular weight is 213 g/mol. The lowest BCUT2D eigenvalue weighted by molar-refractivity contribution is -0.117. The van der Waals surface area contributed by atoms with Crippen LogP contribution in [0.3, 0.4) is 0 Å². The zero-order chi connectivity index (χ0) is 10.1. The summed E-state index contributed by atoms with van der Waals surface area (Å²) in [5, 5.41) is 9.80. The van der Waals surface area contributed by atoms with Crippen LogP contribution in [-0.2, 0) is 4.79 Å². The molecule has 5 heteroatoms. The van der Waals surface area contributed by atoms with E-state index >= 15 is 0 Å². The molecule has 1 amide bonds. The first-order valence-electron chi connectivity index (χ1n) is 4.27. The summed E-state index contributed by atoms with van der Waals surface area (Å²) < 4.78 is 0. The van der Waals surface area contributed by atoms with E-state index in [1.54, 1.807) is 12.1 Å². The maximum Gasteiger partial charge on any atom is 0.230 e. The van der Waals surface area contributed by atoms with Crippen LogP contribution in [0.5, 0.6) is 0 Å². The Balaban J connectivity index is 2.23. The lowest BCUT2D eigenvalue weighted by atomic mass is 10.3. The second-order valence-electron chi connectivity index (χ2n) is 3.20. The highest BCUT2D eigenvalue weighted by Crippen LogP contribution is 2.20. The molecule has 0 spiro atoms. The predicted molar refractivity (Wildman–Crippen MR) is 52.2 cm³/mol. The van der Waals surface area contributed by atoms with Crippen molar-refractivity contribution >= 4 is 23.3 Å². The molecule has 1 saturated heterocycles. The number of β-amino-alcohol motifs (C(OH)–C–C–N with tert-alkyl or cyclic N) is 1. The monoisotopic (exact) mass is 212 g/mol. The molecule has 0 bridgehead atoms. The first kappa shape index (κ1) is 9.43. The first-order chi connectivity index (χ1) is 6.66. The van der Waals surface area contributed by atoms with Gasteiger partial charge in [0.2, 0.25) is 5.91 Å². The largest absolute Gasteiger partial charge is 0.391 e. The van der Waals surface area contributed by atoms with E-state index in [1.807, 2.05) is 0 Å². The summed E-state index contributed by atoms with van der Waals surface area (Å²) in [6.45, 7) is 0.313. The molecule has 1 fully saturated rings. The number of halogens is 1. The summed E-state index contributed by atoms with van der Waals surface area (Å²) in [5.41, 5.74) is 0. The Morgan fingerprint density at radius 1 is 1.57 bits per heavy atom. The van der Waals surface area contributed by atoms with Crippen molar-refractivity contribution < 1.29 is 9.90 Å². The number of amides is 1. The standard InChI is InChI=1S/C9H9ClN2O2/c10-6-1-2-8(11-4-6)12-5-7(13)3-9(12)14/h1-2,4,7,13H,3,5H2. The number of aliphatic hydroxyl groups is 1. The van der Waals surface area contributed by atoms with E-state index in [0.29, 0.717) is 17.4 Å². The van der Waals surface area contributed by atoms with Gasteiger partial charge in [-0.05, 0) is 12.1 Å². The number of anilines is 1. The van der Waals surface area contributed by atoms with Crippen LogP contribution in [0, 0.1) is 0 Å². The minimum Gasteiger partial charge on any atom is -0.391 e. The Kier molecular flexibility index (Phi) is 2.39. The zero-order valence-electron chi connectivity index (χ0n) is 7.35. The van der Waals surface area contributed by atoms with Crippen molar-refractivity contribution in [3.8, 4) is 0 Å². The van der Waals surface area contributed by atoms with Crippen molar-refractivity contribution in [2.75, 3.05) is 11.4 Å². The molecule has 1 atom stereocenters. The molecule has 0 aliphatic carbocycles.